The van der Waals surface area contributed by atoms with Crippen molar-refractivity contribution in [1.82, 2.24) is 4.57 Å². The van der Waals surface area contributed by atoms with Crippen molar-refractivity contribution < 1.29 is 4.42 Å². The molecule has 0 radical (unpaired) electrons. The van der Waals surface area contributed by atoms with E-state index in [2.05, 4.69) is 168 Å². The van der Waals surface area contributed by atoms with E-state index in [4.69, 9.17) is 14.4 Å². The van der Waals surface area contributed by atoms with Gasteiger partial charge in [0.1, 0.15) is 5.58 Å². The molecule has 2 aromatic heterocycles. The molecule has 0 amide bonds. The molecular weight excluding hydrogens is 721 g/mol. The molecule has 0 saturated carbocycles. The summed E-state index contributed by atoms with van der Waals surface area (Å²) in [5.74, 6) is 1.04. The normalized spacial score (nSPS) is 12.4. The molecule has 278 valence electrons. The fourth-order valence-electron chi connectivity index (χ4n) is 8.67. The van der Waals surface area contributed by atoms with Crippen LogP contribution in [-0.2, 0) is 6.54 Å². The lowest BCUT2D eigenvalue weighted by Crippen LogP contribution is -2.06. The van der Waals surface area contributed by atoms with Crippen LogP contribution < -0.4 is 0 Å². The van der Waals surface area contributed by atoms with E-state index in [-0.39, 0.29) is 0 Å². The number of para-hydroxylation sites is 1. The summed E-state index contributed by atoms with van der Waals surface area (Å²) >= 11 is 0. The SMILES string of the molecule is C=N/C(=N\C(=N/Cc1ccccc1)c1ccc(-c2ccccc2)cc1)c1cccc2oc3c(-n4c5ccc6ccccc6c5c5c6ccccc6ccc54)cccc3c12. The second-order valence-electron chi connectivity index (χ2n) is 14.8. The largest absolute Gasteiger partial charge is 0.454 e. The lowest BCUT2D eigenvalue weighted by Gasteiger charge is -2.10. The molecule has 9 aromatic carbocycles. The van der Waals surface area contributed by atoms with Gasteiger partial charge >= 0.3 is 0 Å². The number of furan rings is 1. The topological polar surface area (TPSA) is 55.1 Å². The number of hydrogen-bond acceptors (Lipinski definition) is 2. The molecule has 0 saturated heterocycles. The summed E-state index contributed by atoms with van der Waals surface area (Å²) in [6, 6.07) is 67.7. The molecule has 2 heterocycles. The minimum Gasteiger partial charge on any atom is -0.454 e. The highest BCUT2D eigenvalue weighted by atomic mass is 16.3. The van der Waals surface area contributed by atoms with Crippen molar-refractivity contribution in [3.63, 3.8) is 0 Å². The highest BCUT2D eigenvalue weighted by molar-refractivity contribution is 6.29. The predicted molar refractivity (Wildman–Crippen MR) is 248 cm³/mol. The first kappa shape index (κ1) is 34.4. The summed E-state index contributed by atoms with van der Waals surface area (Å²) in [7, 11) is 0. The number of aliphatic imine (C=N–C) groups is 3. The highest BCUT2D eigenvalue weighted by Gasteiger charge is 2.22. The smallest absolute Gasteiger partial charge is 0.161 e. The van der Waals surface area contributed by atoms with Gasteiger partial charge in [-0.3, -0.25) is 4.99 Å². The van der Waals surface area contributed by atoms with Crippen molar-refractivity contribution in [2.75, 3.05) is 0 Å². The fraction of sp³-hybridized carbons (Fsp3) is 0.0185. The second-order valence-corrected chi connectivity index (χ2v) is 14.8. The summed E-state index contributed by atoms with van der Waals surface area (Å²) in [6.07, 6.45) is 0. The van der Waals surface area contributed by atoms with E-state index in [0.717, 1.165) is 66.5 Å². The fourth-order valence-corrected chi connectivity index (χ4v) is 8.67. The van der Waals surface area contributed by atoms with Crippen LogP contribution in [0.1, 0.15) is 16.7 Å². The van der Waals surface area contributed by atoms with Crippen molar-refractivity contribution in [1.29, 1.82) is 0 Å². The van der Waals surface area contributed by atoms with Crippen LogP contribution in [0.3, 0.4) is 0 Å². The van der Waals surface area contributed by atoms with Gasteiger partial charge in [0.05, 0.1) is 23.3 Å². The lowest BCUT2D eigenvalue weighted by molar-refractivity contribution is 0.666. The van der Waals surface area contributed by atoms with Crippen molar-refractivity contribution in [2.24, 2.45) is 15.0 Å². The van der Waals surface area contributed by atoms with E-state index in [1.54, 1.807) is 0 Å². The third-order valence-corrected chi connectivity index (χ3v) is 11.4. The minimum atomic E-state index is 0.468. The number of aromatic nitrogens is 1. The molecular formula is C54H36N4O. The van der Waals surface area contributed by atoms with Crippen LogP contribution in [0.4, 0.5) is 0 Å². The Hall–Kier alpha value is -7.89. The molecule has 5 nitrogen and oxygen atoms in total. The van der Waals surface area contributed by atoms with Crippen LogP contribution in [0.15, 0.2) is 214 Å². The van der Waals surface area contributed by atoms with Gasteiger partial charge in [0.25, 0.3) is 0 Å². The number of rotatable bonds is 6. The molecule has 0 fully saturated rings. The standard InChI is InChI=1S/C54H36N4O/c1-55-54(57-53(56-34-35-14-4-2-5-15-35)40-28-26-37(27-29-40)36-16-6-3-7-17-36)44-23-13-25-48-49(44)43-22-12-24-47(52(43)59-48)58-45-32-30-38-18-8-10-20-41(38)50(45)51-42-21-11-9-19-39(42)31-33-46(51)58/h2-33H,1,34H2/b56-53-,57-54-. The Labute approximate surface area is 340 Å². The second kappa shape index (κ2) is 14.2. The van der Waals surface area contributed by atoms with E-state index < -0.39 is 0 Å². The van der Waals surface area contributed by atoms with Crippen molar-refractivity contribution in [3.05, 3.63) is 211 Å². The summed E-state index contributed by atoms with van der Waals surface area (Å²) in [4.78, 5) is 14.8. The zero-order valence-corrected chi connectivity index (χ0v) is 32.1. The van der Waals surface area contributed by atoms with E-state index in [9.17, 15) is 0 Å². The number of amidine groups is 2. The molecule has 0 N–H and O–H groups in total. The van der Waals surface area contributed by atoms with Crippen LogP contribution in [0.2, 0.25) is 0 Å². The third-order valence-electron chi connectivity index (χ3n) is 11.4. The van der Waals surface area contributed by atoms with Gasteiger partial charge in [-0.1, -0.05) is 170 Å². The van der Waals surface area contributed by atoms with E-state index >= 15 is 0 Å². The average molecular weight is 757 g/mol. The molecule has 0 unspecified atom stereocenters. The zero-order valence-electron chi connectivity index (χ0n) is 32.1. The molecule has 0 spiro atoms. The molecule has 59 heavy (non-hydrogen) atoms. The number of fused-ring (bicyclic) bond motifs is 10. The number of benzene rings is 9. The summed E-state index contributed by atoms with van der Waals surface area (Å²) in [5, 5.41) is 9.22. The monoisotopic (exact) mass is 756 g/mol. The quantitative estimate of drug-likeness (QED) is 0.123. The van der Waals surface area contributed by atoms with E-state index in [0.29, 0.717) is 18.2 Å². The van der Waals surface area contributed by atoms with Crippen molar-refractivity contribution >= 4 is 83.7 Å². The van der Waals surface area contributed by atoms with Gasteiger partial charge in [0.15, 0.2) is 17.3 Å². The molecule has 11 aromatic rings. The number of nitrogens with zero attached hydrogens (tertiary/aromatic N) is 4. The van der Waals surface area contributed by atoms with Gasteiger partial charge in [-0.05, 0) is 69.2 Å². The van der Waals surface area contributed by atoms with E-state index in [1.165, 1.54) is 32.3 Å². The Kier molecular flexibility index (Phi) is 8.30. The molecule has 0 aliphatic rings. The van der Waals surface area contributed by atoms with Gasteiger partial charge in [0.2, 0.25) is 0 Å². The molecule has 5 heteroatoms. The van der Waals surface area contributed by atoms with Crippen LogP contribution in [0.5, 0.6) is 0 Å². The van der Waals surface area contributed by atoms with Gasteiger partial charge < -0.3 is 8.98 Å². The van der Waals surface area contributed by atoms with Crippen molar-refractivity contribution in [3.8, 4) is 16.8 Å². The summed E-state index contributed by atoms with van der Waals surface area (Å²) in [6.45, 7) is 4.50. The predicted octanol–water partition coefficient (Wildman–Crippen LogP) is 13.8. The Morgan fingerprint density at radius 3 is 1.76 bits per heavy atom. The maximum absolute atomic E-state index is 6.90. The minimum absolute atomic E-state index is 0.468. The van der Waals surface area contributed by atoms with Gasteiger partial charge in [-0.15, -0.1) is 0 Å². The summed E-state index contributed by atoms with van der Waals surface area (Å²) in [5.41, 5.74) is 9.81. The molecule has 11 rings (SSSR count). The zero-order chi connectivity index (χ0) is 39.3. The Morgan fingerprint density at radius 1 is 0.492 bits per heavy atom. The maximum atomic E-state index is 6.90. The first-order chi connectivity index (χ1) is 29.2. The van der Waals surface area contributed by atoms with Crippen LogP contribution in [-0.4, -0.2) is 23.0 Å². The van der Waals surface area contributed by atoms with Crippen LogP contribution in [0, 0.1) is 0 Å². The number of hydrogen-bond donors (Lipinski definition) is 0. The van der Waals surface area contributed by atoms with Gasteiger partial charge in [-0.25, -0.2) is 9.98 Å². The average Bonchev–Trinajstić information content (AvgIpc) is 3.87. The highest BCUT2D eigenvalue weighted by Crippen LogP contribution is 2.43. The Balaban J connectivity index is 1.11. The molecule has 0 bridgehead atoms. The Morgan fingerprint density at radius 2 is 1.08 bits per heavy atom. The molecule has 0 aliphatic heterocycles. The molecule has 0 atom stereocenters. The Bertz CT molecular complexity index is 3370. The lowest BCUT2D eigenvalue weighted by atomic mass is 10.00. The first-order valence-corrected chi connectivity index (χ1v) is 19.8. The molecule has 0 aliphatic carbocycles. The summed E-state index contributed by atoms with van der Waals surface area (Å²) < 4.78 is 9.26. The van der Waals surface area contributed by atoms with Gasteiger partial charge in [-0.2, -0.15) is 0 Å². The maximum Gasteiger partial charge on any atom is 0.161 e. The third kappa shape index (κ3) is 5.82. The first-order valence-electron chi connectivity index (χ1n) is 19.8. The van der Waals surface area contributed by atoms with Crippen molar-refractivity contribution in [2.45, 2.75) is 6.54 Å². The van der Waals surface area contributed by atoms with E-state index in [1.807, 2.05) is 42.5 Å². The van der Waals surface area contributed by atoms with Crippen LogP contribution in [0.25, 0.3) is 82.1 Å². The van der Waals surface area contributed by atoms with Crippen LogP contribution >= 0.6 is 0 Å². The van der Waals surface area contributed by atoms with Gasteiger partial charge in [0, 0.05) is 32.7 Å².